The number of aromatic nitrogens is 3. The largest absolute Gasteiger partial charge is 0.487 e. The lowest BCUT2D eigenvalue weighted by atomic mass is 9.87. The summed E-state index contributed by atoms with van der Waals surface area (Å²) in [5, 5.41) is 7.80. The fourth-order valence-electron chi connectivity index (χ4n) is 3.17. The van der Waals surface area contributed by atoms with Crippen LogP contribution in [0.25, 0.3) is 4.96 Å². The van der Waals surface area contributed by atoms with Gasteiger partial charge < -0.3 is 10.1 Å². The number of fused-ring (bicyclic) bond motifs is 1. The van der Waals surface area contributed by atoms with E-state index in [2.05, 4.69) is 36.2 Å². The summed E-state index contributed by atoms with van der Waals surface area (Å²) in [5.41, 5.74) is 2.69. The molecule has 2 aromatic carbocycles. The Balaban J connectivity index is 1.43. The molecule has 4 aromatic rings. The Labute approximate surface area is 189 Å². The Hall–Kier alpha value is -3.52. The third kappa shape index (κ3) is 4.86. The minimum atomic E-state index is -0.239. The van der Waals surface area contributed by atoms with Crippen molar-refractivity contribution >= 4 is 27.9 Å². The summed E-state index contributed by atoms with van der Waals surface area (Å²) in [7, 11) is 0. The standard InChI is InChI=1S/C24H24N4O3S/c1-15-27-28-21(29)13-19(26-23(28)32-15)14-31-20-7-5-6-18(12-20)25-22(30)16-8-10-17(11-9-16)24(2,3)4/h5-13H,14H2,1-4H3,(H,25,30). The van der Waals surface area contributed by atoms with Crippen molar-refractivity contribution in [3.8, 4) is 5.75 Å². The number of carbonyl (C=O) groups excluding carboxylic acids is 1. The van der Waals surface area contributed by atoms with Crippen LogP contribution >= 0.6 is 11.3 Å². The molecule has 0 saturated carbocycles. The maximum atomic E-state index is 12.6. The van der Waals surface area contributed by atoms with E-state index >= 15 is 0 Å². The van der Waals surface area contributed by atoms with E-state index in [0.717, 1.165) is 5.01 Å². The molecule has 0 atom stereocenters. The highest BCUT2D eigenvalue weighted by atomic mass is 32.1. The molecule has 0 aliphatic carbocycles. The van der Waals surface area contributed by atoms with E-state index in [4.69, 9.17) is 4.74 Å². The van der Waals surface area contributed by atoms with Crippen molar-refractivity contribution in [3.05, 3.63) is 86.8 Å². The highest BCUT2D eigenvalue weighted by Gasteiger charge is 2.14. The van der Waals surface area contributed by atoms with E-state index in [0.29, 0.717) is 27.7 Å². The molecule has 164 valence electrons. The summed E-state index contributed by atoms with van der Waals surface area (Å²) in [6, 6.07) is 16.2. The number of amides is 1. The van der Waals surface area contributed by atoms with Crippen molar-refractivity contribution in [3.63, 3.8) is 0 Å². The molecule has 32 heavy (non-hydrogen) atoms. The Kier molecular flexibility index (Phi) is 5.80. The molecule has 0 unspecified atom stereocenters. The topological polar surface area (TPSA) is 85.6 Å². The van der Waals surface area contributed by atoms with Crippen molar-refractivity contribution in [2.24, 2.45) is 0 Å². The summed E-state index contributed by atoms with van der Waals surface area (Å²) in [6.45, 7) is 8.37. The van der Waals surface area contributed by atoms with Gasteiger partial charge in [-0.1, -0.05) is 50.3 Å². The lowest BCUT2D eigenvalue weighted by molar-refractivity contribution is 0.102. The fourth-order valence-corrected chi connectivity index (χ4v) is 3.94. The molecule has 0 bridgehead atoms. The lowest BCUT2D eigenvalue weighted by Gasteiger charge is -2.19. The summed E-state index contributed by atoms with van der Waals surface area (Å²) < 4.78 is 7.09. The van der Waals surface area contributed by atoms with E-state index in [-0.39, 0.29) is 23.5 Å². The third-order valence-electron chi connectivity index (χ3n) is 4.89. The van der Waals surface area contributed by atoms with E-state index in [1.807, 2.05) is 31.2 Å². The van der Waals surface area contributed by atoms with Crippen LogP contribution in [0.2, 0.25) is 0 Å². The van der Waals surface area contributed by atoms with Gasteiger partial charge in [0.15, 0.2) is 0 Å². The molecule has 7 nitrogen and oxygen atoms in total. The number of benzene rings is 2. The zero-order valence-electron chi connectivity index (χ0n) is 18.4. The lowest BCUT2D eigenvalue weighted by Crippen LogP contribution is -2.16. The quantitative estimate of drug-likeness (QED) is 0.483. The van der Waals surface area contributed by atoms with Crippen molar-refractivity contribution < 1.29 is 9.53 Å². The van der Waals surface area contributed by atoms with Crippen LogP contribution in [0.4, 0.5) is 5.69 Å². The van der Waals surface area contributed by atoms with Crippen LogP contribution < -0.4 is 15.6 Å². The molecule has 2 heterocycles. The van der Waals surface area contributed by atoms with E-state index in [9.17, 15) is 9.59 Å². The number of nitrogens with one attached hydrogen (secondary N) is 1. The fraction of sp³-hybridized carbons (Fsp3) is 0.250. The van der Waals surface area contributed by atoms with Crippen LogP contribution in [0.1, 0.15) is 47.4 Å². The van der Waals surface area contributed by atoms with Gasteiger partial charge in [-0.15, -0.1) is 0 Å². The molecule has 8 heteroatoms. The van der Waals surface area contributed by atoms with Crippen LogP contribution in [-0.2, 0) is 12.0 Å². The zero-order valence-corrected chi connectivity index (χ0v) is 19.2. The third-order valence-corrected chi connectivity index (χ3v) is 5.71. The average Bonchev–Trinajstić information content (AvgIpc) is 3.13. The highest BCUT2D eigenvalue weighted by molar-refractivity contribution is 7.16. The normalized spacial score (nSPS) is 11.5. The molecule has 0 spiro atoms. The monoisotopic (exact) mass is 448 g/mol. The predicted molar refractivity (Wildman–Crippen MR) is 126 cm³/mol. The van der Waals surface area contributed by atoms with E-state index < -0.39 is 0 Å². The minimum absolute atomic E-state index is 0.0322. The second kappa shape index (κ2) is 8.55. The van der Waals surface area contributed by atoms with Gasteiger partial charge in [0.1, 0.15) is 17.4 Å². The maximum Gasteiger partial charge on any atom is 0.275 e. The summed E-state index contributed by atoms with van der Waals surface area (Å²) in [5.74, 6) is 0.372. The van der Waals surface area contributed by atoms with Gasteiger partial charge in [-0.25, -0.2) is 4.98 Å². The molecule has 0 aliphatic heterocycles. The molecule has 1 N–H and O–H groups in total. The second-order valence-electron chi connectivity index (χ2n) is 8.50. The highest BCUT2D eigenvalue weighted by Crippen LogP contribution is 2.23. The van der Waals surface area contributed by atoms with Crippen LogP contribution in [0.5, 0.6) is 5.75 Å². The van der Waals surface area contributed by atoms with Crippen LogP contribution in [-0.4, -0.2) is 20.5 Å². The first-order chi connectivity index (χ1) is 15.2. The first-order valence-electron chi connectivity index (χ1n) is 10.2. The van der Waals surface area contributed by atoms with Crippen molar-refractivity contribution in [2.75, 3.05) is 5.32 Å². The Morgan fingerprint density at radius 1 is 1.12 bits per heavy atom. The van der Waals surface area contributed by atoms with Gasteiger partial charge in [-0.05, 0) is 42.2 Å². The van der Waals surface area contributed by atoms with Gasteiger partial charge >= 0.3 is 0 Å². The van der Waals surface area contributed by atoms with E-state index in [1.165, 1.54) is 27.5 Å². The molecule has 0 aliphatic rings. The van der Waals surface area contributed by atoms with Crippen LogP contribution in [0, 0.1) is 6.92 Å². The van der Waals surface area contributed by atoms with E-state index in [1.54, 1.807) is 24.3 Å². The number of carbonyl (C=O) groups is 1. The number of nitrogens with zero attached hydrogens (tertiary/aromatic N) is 3. The molecule has 4 rings (SSSR count). The number of aryl methyl sites for hydroxylation is 1. The second-order valence-corrected chi connectivity index (χ2v) is 9.66. The molecule has 0 fully saturated rings. The summed E-state index contributed by atoms with van der Waals surface area (Å²) >= 11 is 1.35. The maximum absolute atomic E-state index is 12.6. The Bertz CT molecular complexity index is 1330. The average molecular weight is 449 g/mol. The van der Waals surface area contributed by atoms with Gasteiger partial charge in [-0.3, -0.25) is 9.59 Å². The Morgan fingerprint density at radius 2 is 1.88 bits per heavy atom. The predicted octanol–water partition coefficient (Wildman–Crippen LogP) is 4.59. The number of rotatable bonds is 5. The minimum Gasteiger partial charge on any atom is -0.487 e. The van der Waals surface area contributed by atoms with Gasteiger partial charge in [-0.2, -0.15) is 9.61 Å². The number of anilines is 1. The van der Waals surface area contributed by atoms with Gasteiger partial charge in [0.05, 0.1) is 5.69 Å². The number of ether oxygens (including phenoxy) is 1. The van der Waals surface area contributed by atoms with Crippen molar-refractivity contribution in [2.45, 2.75) is 39.7 Å². The van der Waals surface area contributed by atoms with Crippen LogP contribution in [0.3, 0.4) is 0 Å². The molecular formula is C24H24N4O3S. The Morgan fingerprint density at radius 3 is 2.59 bits per heavy atom. The van der Waals surface area contributed by atoms with Crippen molar-refractivity contribution in [1.82, 2.24) is 14.6 Å². The zero-order chi connectivity index (χ0) is 22.9. The van der Waals surface area contributed by atoms with Crippen LogP contribution in [0.15, 0.2) is 59.4 Å². The molecule has 0 saturated heterocycles. The smallest absolute Gasteiger partial charge is 0.275 e. The number of hydrogen-bond donors (Lipinski definition) is 1. The number of hydrogen-bond acceptors (Lipinski definition) is 6. The first kappa shape index (κ1) is 21.7. The van der Waals surface area contributed by atoms with Gasteiger partial charge in [0.25, 0.3) is 11.5 Å². The van der Waals surface area contributed by atoms with Crippen molar-refractivity contribution in [1.29, 1.82) is 0 Å². The molecular weight excluding hydrogens is 424 g/mol. The molecule has 2 aromatic heterocycles. The molecule has 0 radical (unpaired) electrons. The molecule has 1 amide bonds. The first-order valence-corrected chi connectivity index (χ1v) is 11.0. The summed E-state index contributed by atoms with van der Waals surface area (Å²) in [4.78, 5) is 29.8. The van der Waals surface area contributed by atoms with Gasteiger partial charge in [0.2, 0.25) is 4.96 Å². The SMILES string of the molecule is Cc1nn2c(=O)cc(COc3cccc(NC(=O)c4ccc(C(C)(C)C)cc4)c3)nc2s1. The summed E-state index contributed by atoms with van der Waals surface area (Å²) in [6.07, 6.45) is 0. The van der Waals surface area contributed by atoms with Gasteiger partial charge in [0, 0.05) is 23.4 Å².